The maximum Gasteiger partial charge on any atom is 0.413 e. The Morgan fingerprint density at radius 3 is 2.65 bits per heavy atom. The van der Waals surface area contributed by atoms with Crippen molar-refractivity contribution in [1.82, 2.24) is 14.9 Å². The molecule has 4 atom stereocenters. The largest absolute Gasteiger partial charge is 0.413 e. The maximum atomic E-state index is 14.3. The van der Waals surface area contributed by atoms with Gasteiger partial charge in [0.25, 0.3) is 5.56 Å². The van der Waals surface area contributed by atoms with Gasteiger partial charge in [-0.05, 0) is 56.2 Å². The first-order chi connectivity index (χ1) is 17.6. The molecule has 3 N–H and O–H groups in total. The second kappa shape index (κ2) is 9.55. The Morgan fingerprint density at radius 1 is 1.27 bits per heavy atom. The number of urea groups is 1. The smallest absolute Gasteiger partial charge is 0.376 e. The lowest BCUT2D eigenvalue weighted by atomic mass is 10.00. The Balaban J connectivity index is 1.33. The molecule has 0 spiro atoms. The van der Waals surface area contributed by atoms with Crippen LogP contribution in [0.25, 0.3) is 0 Å². The zero-order chi connectivity index (χ0) is 26.4. The van der Waals surface area contributed by atoms with E-state index in [0.717, 1.165) is 30.1 Å². The Kier molecular flexibility index (Phi) is 6.55. The van der Waals surface area contributed by atoms with E-state index in [-0.39, 0.29) is 30.4 Å². The van der Waals surface area contributed by atoms with Crippen LogP contribution in [-0.2, 0) is 17.7 Å². The first-order valence-corrected chi connectivity index (χ1v) is 12.5. The monoisotopic (exact) mass is 520 g/mol. The molecule has 2 aliphatic heterocycles. The number of rotatable bonds is 8. The van der Waals surface area contributed by atoms with Crippen molar-refractivity contribution in [2.75, 3.05) is 41.8 Å². The Morgan fingerprint density at radius 2 is 2.03 bits per heavy atom. The van der Waals surface area contributed by atoms with Crippen molar-refractivity contribution in [2.45, 2.75) is 51.1 Å². The highest BCUT2D eigenvalue weighted by Gasteiger charge is 2.59. The average molecular weight is 521 g/mol. The molecule has 1 unspecified atom stereocenters. The molecular formula is C25H31F3N6O3. The summed E-state index contributed by atoms with van der Waals surface area (Å²) >= 11 is 0. The number of carbonyl (C=O) groups excluding carboxylic acids is 1. The Hall–Kier alpha value is -3.28. The molecule has 2 amide bonds. The minimum absolute atomic E-state index is 0.000914. The van der Waals surface area contributed by atoms with Crippen molar-refractivity contribution in [3.63, 3.8) is 0 Å². The molecule has 0 radical (unpaired) electrons. The Labute approximate surface area is 212 Å². The lowest BCUT2D eigenvalue weighted by molar-refractivity contribution is -0.182. The fourth-order valence-electron chi connectivity index (χ4n) is 5.18. The van der Waals surface area contributed by atoms with Gasteiger partial charge in [0.05, 0.1) is 19.3 Å². The first kappa shape index (κ1) is 25.4. The molecule has 1 aromatic carbocycles. The number of hydrogen-bond acceptors (Lipinski definition) is 6. The molecule has 1 aliphatic carbocycles. The molecule has 2 aromatic rings. The van der Waals surface area contributed by atoms with Crippen molar-refractivity contribution in [2.24, 2.45) is 11.8 Å². The van der Waals surface area contributed by atoms with Crippen molar-refractivity contribution < 1.29 is 22.7 Å². The zero-order valence-corrected chi connectivity index (χ0v) is 20.8. The summed E-state index contributed by atoms with van der Waals surface area (Å²) in [5.41, 5.74) is -1.43. The first-order valence-electron chi connectivity index (χ1n) is 12.5. The van der Waals surface area contributed by atoms with Gasteiger partial charge in [-0.1, -0.05) is 12.1 Å². The third-order valence-corrected chi connectivity index (χ3v) is 7.54. The van der Waals surface area contributed by atoms with Gasteiger partial charge in [0.2, 0.25) is 5.95 Å². The van der Waals surface area contributed by atoms with Crippen LogP contribution in [0.5, 0.6) is 0 Å². The number of nitrogens with one attached hydrogen (secondary N) is 3. The van der Waals surface area contributed by atoms with Crippen LogP contribution in [0.15, 0.2) is 35.1 Å². The third kappa shape index (κ3) is 4.98. The topological polar surface area (TPSA) is 101 Å². The fraction of sp³-hybridized carbons (Fsp3) is 0.560. The number of amides is 2. The van der Waals surface area contributed by atoms with Crippen molar-refractivity contribution in [1.29, 1.82) is 0 Å². The van der Waals surface area contributed by atoms with E-state index in [1.165, 1.54) is 11.0 Å². The summed E-state index contributed by atoms with van der Waals surface area (Å²) in [7, 11) is 0. The van der Waals surface area contributed by atoms with E-state index < -0.39 is 23.8 Å². The molecule has 9 nitrogen and oxygen atoms in total. The molecule has 12 heteroatoms. The number of carbonyl (C=O) groups is 1. The number of aromatic nitrogens is 2. The van der Waals surface area contributed by atoms with E-state index in [1.807, 2.05) is 6.92 Å². The van der Waals surface area contributed by atoms with Crippen LogP contribution in [0.2, 0.25) is 0 Å². The standard InChI is InChI=1S/C25H31F3N6O3/c1-3-29-22(36)31-17-6-4-15(5-7-17)8-9-34-23-32-20(30-12-19-18-10-16(18)13-37-19)11-21(35)33(23)14-24(34,2)25(26,27)28/h4-7,11,16,18-19,30H,3,8-10,12-14H2,1-2H3,(H2,29,31,36)/t16-,18?,19+,24-/m0/s1. The second-order valence-electron chi connectivity index (χ2n) is 10.1. The summed E-state index contributed by atoms with van der Waals surface area (Å²) in [4.78, 5) is 30.1. The number of alkyl halides is 3. The summed E-state index contributed by atoms with van der Waals surface area (Å²) < 4.78 is 49.7. The van der Waals surface area contributed by atoms with Crippen LogP contribution in [0.4, 0.5) is 35.4 Å². The van der Waals surface area contributed by atoms with Gasteiger partial charge in [-0.25, -0.2) is 4.79 Å². The minimum Gasteiger partial charge on any atom is -0.376 e. The summed E-state index contributed by atoms with van der Waals surface area (Å²) in [5.74, 6) is 1.37. The van der Waals surface area contributed by atoms with Crippen molar-refractivity contribution in [3.05, 3.63) is 46.2 Å². The van der Waals surface area contributed by atoms with Gasteiger partial charge in [-0.2, -0.15) is 18.2 Å². The number of hydrogen-bond donors (Lipinski definition) is 3. The van der Waals surface area contributed by atoms with Crippen molar-refractivity contribution >= 4 is 23.5 Å². The highest BCUT2D eigenvalue weighted by Crippen LogP contribution is 2.48. The summed E-state index contributed by atoms with van der Waals surface area (Å²) in [6.07, 6.45) is -3.13. The average Bonchev–Trinajstić information content (AvgIpc) is 3.40. The lowest BCUT2D eigenvalue weighted by Gasteiger charge is -2.36. The minimum atomic E-state index is -4.58. The molecule has 3 heterocycles. The maximum absolute atomic E-state index is 14.3. The van der Waals surface area contributed by atoms with Crippen LogP contribution >= 0.6 is 0 Å². The molecule has 3 aliphatic rings. The molecule has 200 valence electrons. The van der Waals surface area contributed by atoms with Crippen LogP contribution in [0.3, 0.4) is 0 Å². The number of ether oxygens (including phenoxy) is 1. The SMILES string of the molecule is CCNC(=O)Nc1ccc(CCN2c3nc(NC[C@H]4OC[C@@H]5CC54)cc(=O)n3C[C@@]2(C)C(F)(F)F)cc1. The molecule has 0 bridgehead atoms. The lowest BCUT2D eigenvalue weighted by Crippen LogP contribution is -2.56. The quantitative estimate of drug-likeness (QED) is 0.494. The van der Waals surface area contributed by atoms with E-state index >= 15 is 0 Å². The molecule has 37 heavy (non-hydrogen) atoms. The summed E-state index contributed by atoms with van der Waals surface area (Å²) in [5, 5.41) is 8.43. The van der Waals surface area contributed by atoms with E-state index in [0.29, 0.717) is 37.0 Å². The van der Waals surface area contributed by atoms with Gasteiger partial charge in [0.15, 0.2) is 5.54 Å². The Bertz CT molecular complexity index is 1220. The van der Waals surface area contributed by atoms with Gasteiger partial charge in [-0.3, -0.25) is 9.36 Å². The van der Waals surface area contributed by atoms with E-state index in [2.05, 4.69) is 20.9 Å². The van der Waals surface area contributed by atoms with Gasteiger partial charge >= 0.3 is 12.2 Å². The van der Waals surface area contributed by atoms with Gasteiger partial charge in [0.1, 0.15) is 5.82 Å². The van der Waals surface area contributed by atoms with Crippen LogP contribution < -0.4 is 26.4 Å². The predicted molar refractivity (Wildman–Crippen MR) is 133 cm³/mol. The molecule has 1 saturated carbocycles. The van der Waals surface area contributed by atoms with Gasteiger partial charge in [-0.15, -0.1) is 0 Å². The van der Waals surface area contributed by atoms with E-state index in [1.54, 1.807) is 24.3 Å². The van der Waals surface area contributed by atoms with Crippen LogP contribution in [-0.4, -0.2) is 59.6 Å². The number of halogens is 3. The number of fused-ring (bicyclic) bond motifs is 2. The van der Waals surface area contributed by atoms with Crippen molar-refractivity contribution in [3.8, 4) is 0 Å². The molecule has 2 fully saturated rings. The fourth-order valence-corrected chi connectivity index (χ4v) is 5.18. The second-order valence-corrected chi connectivity index (χ2v) is 10.1. The normalized spacial score (nSPS) is 26.0. The summed E-state index contributed by atoms with van der Waals surface area (Å²) in [6, 6.07) is 7.84. The number of anilines is 3. The van der Waals surface area contributed by atoms with Gasteiger partial charge in [0, 0.05) is 31.4 Å². The third-order valence-electron chi connectivity index (χ3n) is 7.54. The van der Waals surface area contributed by atoms with E-state index in [9.17, 15) is 22.8 Å². The van der Waals surface area contributed by atoms with Crippen LogP contribution in [0.1, 0.15) is 25.8 Å². The highest BCUT2D eigenvalue weighted by molar-refractivity contribution is 5.89. The molecular weight excluding hydrogens is 489 g/mol. The molecule has 1 saturated heterocycles. The zero-order valence-electron chi connectivity index (χ0n) is 20.8. The van der Waals surface area contributed by atoms with Gasteiger partial charge < -0.3 is 25.6 Å². The number of nitrogens with zero attached hydrogens (tertiary/aromatic N) is 3. The summed E-state index contributed by atoms with van der Waals surface area (Å²) in [6.45, 7) is 4.08. The molecule has 1 aromatic heterocycles. The van der Waals surface area contributed by atoms with E-state index in [4.69, 9.17) is 4.74 Å². The molecule has 5 rings (SSSR count). The number of benzene rings is 1. The van der Waals surface area contributed by atoms with Crippen LogP contribution in [0, 0.1) is 11.8 Å². The highest BCUT2D eigenvalue weighted by atomic mass is 19.4. The predicted octanol–water partition coefficient (Wildman–Crippen LogP) is 3.22.